The normalized spacial score (nSPS) is 15.8. The molecule has 156 valence electrons. The van der Waals surface area contributed by atoms with Crippen LogP contribution in [0.2, 0.25) is 0 Å². The molecule has 0 radical (unpaired) electrons. The summed E-state index contributed by atoms with van der Waals surface area (Å²) in [6, 6.07) is 9.73. The third-order valence-electron chi connectivity index (χ3n) is 4.36. The van der Waals surface area contributed by atoms with Crippen molar-refractivity contribution in [2.75, 3.05) is 33.9 Å². The first-order chi connectivity index (χ1) is 14.5. The van der Waals surface area contributed by atoms with Crippen LogP contribution in [0.25, 0.3) is 0 Å². The average molecular weight is 445 g/mol. The van der Waals surface area contributed by atoms with Crippen LogP contribution in [-0.2, 0) is 16.0 Å². The first-order valence-electron chi connectivity index (χ1n) is 9.35. The molecule has 0 spiro atoms. The van der Waals surface area contributed by atoms with Crippen LogP contribution in [0.4, 0.5) is 20.5 Å². The van der Waals surface area contributed by atoms with E-state index in [1.807, 2.05) is 30.3 Å². The van der Waals surface area contributed by atoms with Gasteiger partial charge >= 0.3 is 0 Å². The molecular weight excluding hydrogens is 424 g/mol. The van der Waals surface area contributed by atoms with E-state index in [4.69, 9.17) is 0 Å². The number of carbonyl (C=O) groups excluding carboxylic acids is 2. The Bertz CT molecular complexity index is 1020. The average Bonchev–Trinajstić information content (AvgIpc) is 3.44. The number of hydrogen-bond acceptors (Lipinski definition) is 10. The molecule has 1 fully saturated rings. The van der Waals surface area contributed by atoms with E-state index in [9.17, 15) is 9.59 Å². The number of aromatic nitrogens is 4. The fourth-order valence-electron chi connectivity index (χ4n) is 3.05. The van der Waals surface area contributed by atoms with Crippen LogP contribution in [0.3, 0.4) is 0 Å². The van der Waals surface area contributed by atoms with Crippen LogP contribution in [0.15, 0.2) is 30.3 Å². The topological polar surface area (TPSA) is 125 Å². The van der Waals surface area contributed by atoms with Crippen LogP contribution >= 0.6 is 22.7 Å². The summed E-state index contributed by atoms with van der Waals surface area (Å²) in [4.78, 5) is 25.4. The predicted octanol–water partition coefficient (Wildman–Crippen LogP) is 2.22. The molecule has 2 aromatic heterocycles. The minimum atomic E-state index is -0.165. The molecule has 0 saturated carbocycles. The van der Waals surface area contributed by atoms with E-state index in [1.165, 1.54) is 29.6 Å². The molecule has 4 rings (SSSR count). The van der Waals surface area contributed by atoms with Crippen molar-refractivity contribution in [2.24, 2.45) is 0 Å². The van der Waals surface area contributed by atoms with Gasteiger partial charge in [0, 0.05) is 26.1 Å². The number of anilines is 4. The van der Waals surface area contributed by atoms with Crippen molar-refractivity contribution in [2.45, 2.75) is 25.8 Å². The van der Waals surface area contributed by atoms with Crippen molar-refractivity contribution in [1.82, 2.24) is 20.4 Å². The van der Waals surface area contributed by atoms with E-state index < -0.39 is 0 Å². The fraction of sp³-hybridized carbons (Fsp3) is 0.333. The SMILES string of the molecule is CC(=O)Nc1nnc(N2CC[C@@H](Nc3nnc(NC(=O)Cc4ccccc4)s3)C2)s1. The Morgan fingerprint density at radius 3 is 2.57 bits per heavy atom. The van der Waals surface area contributed by atoms with Gasteiger partial charge in [-0.25, -0.2) is 0 Å². The quantitative estimate of drug-likeness (QED) is 0.507. The molecule has 10 nitrogen and oxygen atoms in total. The minimum absolute atomic E-state index is 0.123. The summed E-state index contributed by atoms with van der Waals surface area (Å²) < 4.78 is 0. The summed E-state index contributed by atoms with van der Waals surface area (Å²) in [5.41, 5.74) is 0.947. The molecular formula is C18H20N8O2S2. The third-order valence-corrected chi connectivity index (χ3v) is 6.03. The number of nitrogens with one attached hydrogen (secondary N) is 3. The maximum Gasteiger partial charge on any atom is 0.230 e. The Kier molecular flexibility index (Phi) is 6.14. The Balaban J connectivity index is 1.27. The molecule has 30 heavy (non-hydrogen) atoms. The zero-order valence-corrected chi connectivity index (χ0v) is 17.8. The molecule has 3 aromatic rings. The maximum absolute atomic E-state index is 12.2. The van der Waals surface area contributed by atoms with Crippen LogP contribution in [0.1, 0.15) is 18.9 Å². The van der Waals surface area contributed by atoms with Gasteiger partial charge in [0.2, 0.25) is 32.3 Å². The van der Waals surface area contributed by atoms with Crippen molar-refractivity contribution in [3.05, 3.63) is 35.9 Å². The van der Waals surface area contributed by atoms with Crippen LogP contribution in [0.5, 0.6) is 0 Å². The molecule has 0 bridgehead atoms. The lowest BCUT2D eigenvalue weighted by Gasteiger charge is -2.14. The van der Waals surface area contributed by atoms with Gasteiger partial charge in [0.15, 0.2) is 0 Å². The van der Waals surface area contributed by atoms with E-state index >= 15 is 0 Å². The largest absolute Gasteiger partial charge is 0.355 e. The van der Waals surface area contributed by atoms with E-state index in [0.717, 1.165) is 30.2 Å². The molecule has 12 heteroatoms. The number of hydrogen-bond donors (Lipinski definition) is 3. The van der Waals surface area contributed by atoms with Crippen molar-refractivity contribution in [3.8, 4) is 0 Å². The zero-order chi connectivity index (χ0) is 20.9. The molecule has 0 aliphatic carbocycles. The van der Waals surface area contributed by atoms with E-state index in [-0.39, 0.29) is 17.9 Å². The Labute approximate surface area is 180 Å². The number of amides is 2. The summed E-state index contributed by atoms with van der Waals surface area (Å²) in [5, 5.41) is 27.5. The second kappa shape index (κ2) is 9.13. The van der Waals surface area contributed by atoms with Gasteiger partial charge in [0.25, 0.3) is 0 Å². The van der Waals surface area contributed by atoms with Gasteiger partial charge in [-0.1, -0.05) is 53.0 Å². The van der Waals surface area contributed by atoms with Gasteiger partial charge < -0.3 is 20.9 Å². The van der Waals surface area contributed by atoms with Gasteiger partial charge in [-0.3, -0.25) is 9.59 Å². The third kappa shape index (κ3) is 5.27. The lowest BCUT2D eigenvalue weighted by atomic mass is 10.1. The highest BCUT2D eigenvalue weighted by molar-refractivity contribution is 7.19. The molecule has 1 aromatic carbocycles. The highest BCUT2D eigenvalue weighted by Gasteiger charge is 2.26. The van der Waals surface area contributed by atoms with E-state index in [0.29, 0.717) is 21.8 Å². The second-order valence-electron chi connectivity index (χ2n) is 6.77. The Hall–Kier alpha value is -3.12. The number of carbonyl (C=O) groups is 2. The summed E-state index contributed by atoms with van der Waals surface area (Å²) in [6.45, 7) is 3.01. The standard InChI is InChI=1S/C18H20N8O2S2/c1-11(27)19-15-24-25-18(30-15)26-8-7-13(10-26)20-16-22-23-17(29-16)21-14(28)9-12-5-3-2-4-6-12/h2-6,13H,7-10H2,1H3,(H,20,22)(H,19,24,27)(H,21,23,28)/t13-/m1/s1. The lowest BCUT2D eigenvalue weighted by Crippen LogP contribution is -2.25. The molecule has 2 amide bonds. The van der Waals surface area contributed by atoms with Crippen LogP contribution in [-0.4, -0.2) is 51.3 Å². The number of rotatable bonds is 7. The molecule has 1 aliphatic rings. The maximum atomic E-state index is 12.2. The van der Waals surface area contributed by atoms with Crippen molar-refractivity contribution >= 4 is 55.0 Å². The zero-order valence-electron chi connectivity index (χ0n) is 16.2. The van der Waals surface area contributed by atoms with Gasteiger partial charge in [0.05, 0.1) is 6.42 Å². The van der Waals surface area contributed by atoms with E-state index in [1.54, 1.807) is 0 Å². The van der Waals surface area contributed by atoms with Gasteiger partial charge in [-0.2, -0.15) is 0 Å². The van der Waals surface area contributed by atoms with Crippen molar-refractivity contribution in [3.63, 3.8) is 0 Å². The van der Waals surface area contributed by atoms with Crippen LogP contribution in [0, 0.1) is 0 Å². The van der Waals surface area contributed by atoms with Crippen LogP contribution < -0.4 is 20.9 Å². The number of nitrogens with zero attached hydrogens (tertiary/aromatic N) is 5. The molecule has 3 N–H and O–H groups in total. The summed E-state index contributed by atoms with van der Waals surface area (Å²) in [6.07, 6.45) is 1.20. The highest BCUT2D eigenvalue weighted by Crippen LogP contribution is 2.29. The summed E-state index contributed by atoms with van der Waals surface area (Å²) in [5.74, 6) is -0.288. The molecule has 1 saturated heterocycles. The summed E-state index contributed by atoms with van der Waals surface area (Å²) >= 11 is 2.66. The molecule has 3 heterocycles. The monoisotopic (exact) mass is 444 g/mol. The smallest absolute Gasteiger partial charge is 0.230 e. The van der Waals surface area contributed by atoms with Crippen molar-refractivity contribution < 1.29 is 9.59 Å². The molecule has 1 atom stereocenters. The Morgan fingerprint density at radius 2 is 1.77 bits per heavy atom. The number of benzene rings is 1. The second-order valence-corrected chi connectivity index (χ2v) is 8.70. The minimum Gasteiger partial charge on any atom is -0.355 e. The highest BCUT2D eigenvalue weighted by atomic mass is 32.1. The van der Waals surface area contributed by atoms with Crippen molar-refractivity contribution in [1.29, 1.82) is 0 Å². The first kappa shape index (κ1) is 20.2. The van der Waals surface area contributed by atoms with E-state index in [2.05, 4.69) is 41.2 Å². The Morgan fingerprint density at radius 1 is 1.03 bits per heavy atom. The molecule has 1 aliphatic heterocycles. The summed E-state index contributed by atoms with van der Waals surface area (Å²) in [7, 11) is 0. The predicted molar refractivity (Wildman–Crippen MR) is 117 cm³/mol. The molecule has 0 unspecified atom stereocenters. The van der Waals surface area contributed by atoms with Gasteiger partial charge in [-0.15, -0.1) is 20.4 Å². The fourth-order valence-corrected chi connectivity index (χ4v) is 4.61. The van der Waals surface area contributed by atoms with Gasteiger partial charge in [-0.05, 0) is 12.0 Å². The lowest BCUT2D eigenvalue weighted by molar-refractivity contribution is -0.116. The van der Waals surface area contributed by atoms with Gasteiger partial charge in [0.1, 0.15) is 0 Å². The first-order valence-corrected chi connectivity index (χ1v) is 11.0.